The first-order valence-corrected chi connectivity index (χ1v) is 9.80. The molecule has 0 saturated carbocycles. The van der Waals surface area contributed by atoms with E-state index in [0.717, 1.165) is 11.1 Å². The molecule has 0 radical (unpaired) electrons. The van der Waals surface area contributed by atoms with Crippen LogP contribution in [-0.2, 0) is 28.5 Å². The third-order valence-electron chi connectivity index (χ3n) is 4.92. The van der Waals surface area contributed by atoms with Gasteiger partial charge in [-0.2, -0.15) is 0 Å². The zero-order valence-corrected chi connectivity index (χ0v) is 16.3. The van der Waals surface area contributed by atoms with Crippen LogP contribution in [0.25, 0.3) is 12.2 Å². The van der Waals surface area contributed by atoms with Gasteiger partial charge in [-0.05, 0) is 23.3 Å². The van der Waals surface area contributed by atoms with Crippen molar-refractivity contribution < 1.29 is 28.5 Å². The van der Waals surface area contributed by atoms with Gasteiger partial charge in [0.15, 0.2) is 12.2 Å². The number of hydrogen-bond donors (Lipinski definition) is 0. The minimum atomic E-state index is -0.536. The molecule has 0 amide bonds. The van der Waals surface area contributed by atoms with Crippen molar-refractivity contribution in [3.8, 4) is 0 Å². The van der Waals surface area contributed by atoms with Gasteiger partial charge in [-0.15, -0.1) is 0 Å². The second-order valence-corrected chi connectivity index (χ2v) is 7.03. The summed E-state index contributed by atoms with van der Waals surface area (Å²) in [5.74, 6) is -0.939. The molecule has 4 rings (SSSR count). The summed E-state index contributed by atoms with van der Waals surface area (Å²) in [6.45, 7) is 0.405. The Kier molecular flexibility index (Phi) is 6.37. The van der Waals surface area contributed by atoms with Crippen molar-refractivity contribution in [3.05, 3.63) is 83.9 Å². The summed E-state index contributed by atoms with van der Waals surface area (Å²) in [5, 5.41) is 0. The zero-order valence-electron chi connectivity index (χ0n) is 16.3. The molecular weight excluding hydrogens is 384 g/mol. The molecule has 30 heavy (non-hydrogen) atoms. The van der Waals surface area contributed by atoms with E-state index >= 15 is 0 Å². The van der Waals surface area contributed by atoms with E-state index in [1.807, 2.05) is 60.7 Å². The van der Waals surface area contributed by atoms with Crippen LogP contribution in [0.2, 0.25) is 0 Å². The standard InChI is InChI=1S/C24H22O6/c25-21(13-11-17-7-3-1-4-8-17)29-19-15-27-24-20(16-28-23(19)24)30-22(26)14-12-18-9-5-2-6-10-18/h1-14,19-20,23-24H,15-16H2/b13-11-,14-12-/t19-,20+,23-,24-/m1/s1. The lowest BCUT2D eigenvalue weighted by molar-refractivity contribution is -0.149. The van der Waals surface area contributed by atoms with Crippen molar-refractivity contribution in [1.29, 1.82) is 0 Å². The zero-order chi connectivity index (χ0) is 20.8. The molecule has 0 N–H and O–H groups in total. The quantitative estimate of drug-likeness (QED) is 0.543. The fraction of sp³-hybridized carbons (Fsp3) is 0.250. The number of carbonyl (C=O) groups excluding carboxylic acids is 2. The Hall–Kier alpha value is -3.22. The van der Waals surface area contributed by atoms with Crippen LogP contribution in [0.15, 0.2) is 72.8 Å². The minimum Gasteiger partial charge on any atom is -0.454 e. The van der Waals surface area contributed by atoms with Crippen LogP contribution in [-0.4, -0.2) is 49.6 Å². The molecule has 154 valence electrons. The van der Waals surface area contributed by atoms with E-state index in [9.17, 15) is 9.59 Å². The molecule has 6 nitrogen and oxygen atoms in total. The first-order valence-electron chi connectivity index (χ1n) is 9.80. The van der Waals surface area contributed by atoms with Gasteiger partial charge in [-0.25, -0.2) is 9.59 Å². The van der Waals surface area contributed by atoms with Gasteiger partial charge in [-0.3, -0.25) is 0 Å². The fourth-order valence-corrected chi connectivity index (χ4v) is 3.46. The number of ether oxygens (including phenoxy) is 4. The van der Waals surface area contributed by atoms with Gasteiger partial charge >= 0.3 is 11.9 Å². The molecule has 0 unspecified atom stereocenters. The van der Waals surface area contributed by atoms with Gasteiger partial charge in [0.2, 0.25) is 0 Å². The number of carbonyl (C=O) groups is 2. The van der Waals surface area contributed by atoms with Crippen molar-refractivity contribution in [1.82, 2.24) is 0 Å². The minimum absolute atomic E-state index is 0.203. The topological polar surface area (TPSA) is 71.1 Å². The maximum absolute atomic E-state index is 12.1. The Bertz CT molecular complexity index is 844. The average molecular weight is 406 g/mol. The van der Waals surface area contributed by atoms with Crippen molar-refractivity contribution in [3.63, 3.8) is 0 Å². The van der Waals surface area contributed by atoms with Gasteiger partial charge in [0, 0.05) is 12.2 Å². The van der Waals surface area contributed by atoms with E-state index in [0.29, 0.717) is 0 Å². The molecule has 0 aliphatic carbocycles. The summed E-state index contributed by atoms with van der Waals surface area (Å²) in [6, 6.07) is 19.0. The lowest BCUT2D eigenvalue weighted by Crippen LogP contribution is -2.35. The molecule has 2 aromatic rings. The third kappa shape index (κ3) is 5.03. The monoisotopic (exact) mass is 406 g/mol. The molecular formula is C24H22O6. The molecule has 2 saturated heterocycles. The predicted molar refractivity (Wildman–Crippen MR) is 110 cm³/mol. The molecule has 2 aromatic carbocycles. The Balaban J connectivity index is 1.28. The lowest BCUT2D eigenvalue weighted by Gasteiger charge is -2.16. The maximum atomic E-state index is 12.1. The highest BCUT2D eigenvalue weighted by Crippen LogP contribution is 2.30. The number of rotatable bonds is 6. The summed E-state index contributed by atoms with van der Waals surface area (Å²) in [5.41, 5.74) is 1.81. The highest BCUT2D eigenvalue weighted by Gasteiger charge is 2.50. The molecule has 0 bridgehead atoms. The molecule has 2 aliphatic heterocycles. The highest BCUT2D eigenvalue weighted by atomic mass is 16.7. The second-order valence-electron chi connectivity index (χ2n) is 7.03. The molecule has 0 spiro atoms. The number of esters is 2. The van der Waals surface area contributed by atoms with Crippen LogP contribution in [0, 0.1) is 0 Å². The molecule has 0 aromatic heterocycles. The molecule has 4 atom stereocenters. The normalized spacial score (nSPS) is 25.5. The van der Waals surface area contributed by atoms with Crippen LogP contribution >= 0.6 is 0 Å². The molecule has 2 aliphatic rings. The van der Waals surface area contributed by atoms with E-state index in [4.69, 9.17) is 18.9 Å². The summed E-state index contributed by atoms with van der Waals surface area (Å²) in [4.78, 5) is 24.3. The van der Waals surface area contributed by atoms with Crippen molar-refractivity contribution in [2.45, 2.75) is 24.4 Å². The summed E-state index contributed by atoms with van der Waals surface area (Å²) >= 11 is 0. The Morgan fingerprint density at radius 2 is 1.10 bits per heavy atom. The van der Waals surface area contributed by atoms with Gasteiger partial charge < -0.3 is 18.9 Å². The van der Waals surface area contributed by atoms with E-state index in [-0.39, 0.29) is 13.2 Å². The molecule has 2 fully saturated rings. The Morgan fingerprint density at radius 3 is 1.50 bits per heavy atom. The number of hydrogen-bond acceptors (Lipinski definition) is 6. The SMILES string of the molecule is O=C(/C=C\c1ccccc1)O[C@H]1CO[C@H]2[C@@H]1OC[C@H]2OC(=O)/C=C\c1ccccc1. The van der Waals surface area contributed by atoms with Crippen LogP contribution in [0.1, 0.15) is 11.1 Å². The fourth-order valence-electron chi connectivity index (χ4n) is 3.46. The number of benzene rings is 2. The van der Waals surface area contributed by atoms with Crippen molar-refractivity contribution >= 4 is 24.1 Å². The Morgan fingerprint density at radius 1 is 0.700 bits per heavy atom. The largest absolute Gasteiger partial charge is 0.454 e. The highest BCUT2D eigenvalue weighted by molar-refractivity contribution is 5.87. The summed E-state index contributed by atoms with van der Waals surface area (Å²) < 4.78 is 22.4. The van der Waals surface area contributed by atoms with Gasteiger partial charge in [0.05, 0.1) is 13.2 Å². The van der Waals surface area contributed by atoms with Crippen molar-refractivity contribution in [2.75, 3.05) is 13.2 Å². The average Bonchev–Trinajstić information content (AvgIpc) is 3.36. The van der Waals surface area contributed by atoms with Gasteiger partial charge in [-0.1, -0.05) is 60.7 Å². The molecule has 2 heterocycles. The van der Waals surface area contributed by atoms with Crippen molar-refractivity contribution in [2.24, 2.45) is 0 Å². The van der Waals surface area contributed by atoms with E-state index in [2.05, 4.69) is 0 Å². The van der Waals surface area contributed by atoms with Gasteiger partial charge in [0.1, 0.15) is 12.2 Å². The number of fused-ring (bicyclic) bond motifs is 1. The van der Waals surface area contributed by atoms with E-state index < -0.39 is 36.4 Å². The smallest absolute Gasteiger partial charge is 0.331 e. The van der Waals surface area contributed by atoms with Crippen LogP contribution in [0.4, 0.5) is 0 Å². The van der Waals surface area contributed by atoms with E-state index in [1.165, 1.54) is 12.2 Å². The van der Waals surface area contributed by atoms with Gasteiger partial charge in [0.25, 0.3) is 0 Å². The third-order valence-corrected chi connectivity index (χ3v) is 4.92. The Labute approximate surface area is 174 Å². The first kappa shape index (κ1) is 20.1. The summed E-state index contributed by atoms with van der Waals surface area (Å²) in [7, 11) is 0. The molecule has 6 heteroatoms. The van der Waals surface area contributed by atoms with E-state index in [1.54, 1.807) is 12.2 Å². The first-order chi connectivity index (χ1) is 14.7. The van der Waals surface area contributed by atoms with Crippen LogP contribution in [0.3, 0.4) is 0 Å². The predicted octanol–water partition coefficient (Wildman–Crippen LogP) is 3.03. The maximum Gasteiger partial charge on any atom is 0.331 e. The van der Waals surface area contributed by atoms with Crippen LogP contribution in [0.5, 0.6) is 0 Å². The van der Waals surface area contributed by atoms with Crippen LogP contribution < -0.4 is 0 Å². The second kappa shape index (κ2) is 9.52. The summed E-state index contributed by atoms with van der Waals surface area (Å²) in [6.07, 6.45) is 4.17. The lowest BCUT2D eigenvalue weighted by atomic mass is 10.1.